The molecule has 0 unspecified atom stereocenters. The maximum absolute atomic E-state index is 12.1. The molecule has 0 aliphatic carbocycles. The Morgan fingerprint density at radius 3 is 2.48 bits per heavy atom. The molecule has 5 N–H and O–H groups in total. The van der Waals surface area contributed by atoms with Gasteiger partial charge in [0.05, 0.1) is 18.1 Å². The summed E-state index contributed by atoms with van der Waals surface area (Å²) in [6.07, 6.45) is 3.55. The minimum absolute atomic E-state index is 0.0491. The lowest BCUT2D eigenvalue weighted by Gasteiger charge is -2.34. The average Bonchev–Trinajstić information content (AvgIpc) is 2.80. The van der Waals surface area contributed by atoms with Crippen molar-refractivity contribution in [1.29, 1.82) is 0 Å². The highest BCUT2D eigenvalue weighted by Crippen LogP contribution is 2.28. The summed E-state index contributed by atoms with van der Waals surface area (Å²) in [7, 11) is 2.13. The Labute approximate surface area is 192 Å². The highest BCUT2D eigenvalue weighted by Gasteiger charge is 2.19. The van der Waals surface area contributed by atoms with E-state index < -0.39 is 5.91 Å². The second kappa shape index (κ2) is 9.70. The fraction of sp³-hybridized carbons (Fsp3) is 0.304. The molecule has 1 amide bonds. The van der Waals surface area contributed by atoms with Crippen LogP contribution in [0.4, 0.5) is 22.9 Å². The third-order valence-electron chi connectivity index (χ3n) is 5.45. The maximum atomic E-state index is 12.1. The van der Waals surface area contributed by atoms with Crippen molar-refractivity contribution in [2.45, 2.75) is 13.3 Å². The number of rotatable bonds is 7. The molecule has 0 radical (unpaired) electrons. The number of hydrogen-bond donors (Lipinski definition) is 3. The van der Waals surface area contributed by atoms with Crippen molar-refractivity contribution < 1.29 is 9.53 Å². The molecule has 1 aromatic carbocycles. The molecular weight excluding hydrogens is 420 g/mol. The van der Waals surface area contributed by atoms with E-state index in [4.69, 9.17) is 16.2 Å². The van der Waals surface area contributed by atoms with Crippen LogP contribution in [-0.2, 0) is 6.42 Å². The van der Waals surface area contributed by atoms with Gasteiger partial charge in [0.15, 0.2) is 11.5 Å². The fourth-order valence-electron chi connectivity index (χ4n) is 3.59. The molecule has 0 spiro atoms. The quantitative estimate of drug-likeness (QED) is 0.498. The van der Waals surface area contributed by atoms with E-state index in [1.165, 1.54) is 12.4 Å². The molecule has 4 rings (SSSR count). The number of carbonyl (C=O) groups is 1. The van der Waals surface area contributed by atoms with Crippen molar-refractivity contribution >= 4 is 28.8 Å². The Morgan fingerprint density at radius 1 is 1.12 bits per heavy atom. The van der Waals surface area contributed by atoms with E-state index in [0.29, 0.717) is 23.6 Å². The van der Waals surface area contributed by atoms with Crippen LogP contribution in [0.2, 0.25) is 0 Å². The molecule has 1 saturated heterocycles. The van der Waals surface area contributed by atoms with Crippen LogP contribution in [0.25, 0.3) is 0 Å². The summed E-state index contributed by atoms with van der Waals surface area (Å²) in [6.45, 7) is 5.93. The molecular formula is C23H28N8O2. The largest absolute Gasteiger partial charge is 0.435 e. The van der Waals surface area contributed by atoms with Crippen molar-refractivity contribution in [3.63, 3.8) is 0 Å². The lowest BCUT2D eigenvalue weighted by molar-refractivity contribution is 0.0996. The second-order valence-electron chi connectivity index (χ2n) is 7.91. The summed E-state index contributed by atoms with van der Waals surface area (Å²) < 4.78 is 5.88. The van der Waals surface area contributed by atoms with Gasteiger partial charge in [0.25, 0.3) is 5.91 Å². The minimum atomic E-state index is -0.675. The van der Waals surface area contributed by atoms with Gasteiger partial charge in [-0.1, -0.05) is 6.92 Å². The van der Waals surface area contributed by atoms with Crippen LogP contribution in [0.3, 0.4) is 0 Å². The summed E-state index contributed by atoms with van der Waals surface area (Å²) in [5, 5.41) is 3.16. The van der Waals surface area contributed by atoms with Gasteiger partial charge in [0, 0.05) is 43.6 Å². The number of nitrogens with zero attached hydrogens (tertiary/aromatic N) is 5. The van der Waals surface area contributed by atoms with E-state index in [1.807, 2.05) is 31.2 Å². The molecule has 0 bridgehead atoms. The number of carbonyl (C=O) groups excluding carboxylic acids is 1. The number of nitrogens with one attached hydrogen (secondary N) is 1. The number of likely N-dealkylation sites (N-methyl/N-ethyl adjacent to an activating group) is 1. The summed E-state index contributed by atoms with van der Waals surface area (Å²) in [5.74, 6) is 0.226. The number of amides is 1. The molecule has 0 saturated carbocycles. The molecule has 1 aliphatic heterocycles. The molecule has 10 nitrogen and oxygen atoms in total. The first-order valence-corrected chi connectivity index (χ1v) is 10.8. The third-order valence-corrected chi connectivity index (χ3v) is 5.45. The number of pyridine rings is 1. The van der Waals surface area contributed by atoms with Crippen molar-refractivity contribution in [2.24, 2.45) is 5.73 Å². The Hall–Kier alpha value is -3.92. The van der Waals surface area contributed by atoms with Gasteiger partial charge in [-0.3, -0.25) is 9.78 Å². The van der Waals surface area contributed by atoms with Gasteiger partial charge < -0.3 is 31.3 Å². The molecule has 3 aromatic rings. The van der Waals surface area contributed by atoms with Gasteiger partial charge in [-0.25, -0.2) is 4.98 Å². The molecule has 0 atom stereocenters. The number of aryl methyl sites for hydroxylation is 1. The first kappa shape index (κ1) is 22.3. The molecule has 1 fully saturated rings. The van der Waals surface area contributed by atoms with Gasteiger partial charge in [0.1, 0.15) is 11.4 Å². The number of piperazine rings is 1. The first-order valence-electron chi connectivity index (χ1n) is 10.8. The van der Waals surface area contributed by atoms with E-state index in [2.05, 4.69) is 37.1 Å². The first-order chi connectivity index (χ1) is 15.9. The number of hydrogen-bond acceptors (Lipinski definition) is 9. The SMILES string of the molecule is CCc1nc(C(N)=O)c(Nc2ccc(N3CCN(C)CC3)cc2)nc1Oc1cncc(N)c1. The number of nitrogens with two attached hydrogens (primary N) is 2. The van der Waals surface area contributed by atoms with E-state index in [1.54, 1.807) is 6.07 Å². The number of benzene rings is 1. The Bertz CT molecular complexity index is 1130. The summed E-state index contributed by atoms with van der Waals surface area (Å²) in [5.41, 5.74) is 14.3. The summed E-state index contributed by atoms with van der Waals surface area (Å²) in [6, 6.07) is 9.61. The fourth-order valence-corrected chi connectivity index (χ4v) is 3.59. The van der Waals surface area contributed by atoms with E-state index in [9.17, 15) is 4.79 Å². The van der Waals surface area contributed by atoms with Gasteiger partial charge >= 0.3 is 0 Å². The maximum Gasteiger partial charge on any atom is 0.271 e. The zero-order valence-electron chi connectivity index (χ0n) is 18.8. The van der Waals surface area contributed by atoms with Gasteiger partial charge in [-0.05, 0) is 37.7 Å². The molecule has 172 valence electrons. The normalized spacial score (nSPS) is 14.2. The van der Waals surface area contributed by atoms with Crippen molar-refractivity contribution in [3.05, 3.63) is 54.1 Å². The van der Waals surface area contributed by atoms with E-state index in [0.717, 1.165) is 37.6 Å². The molecule has 3 heterocycles. The van der Waals surface area contributed by atoms with Crippen LogP contribution >= 0.6 is 0 Å². The minimum Gasteiger partial charge on any atom is -0.435 e. The predicted molar refractivity (Wildman–Crippen MR) is 128 cm³/mol. The van der Waals surface area contributed by atoms with Crippen LogP contribution in [0, 0.1) is 0 Å². The van der Waals surface area contributed by atoms with Crippen molar-refractivity contribution in [3.8, 4) is 11.6 Å². The number of aromatic nitrogens is 3. The molecule has 10 heteroatoms. The summed E-state index contributed by atoms with van der Waals surface area (Å²) in [4.78, 5) is 29.7. The topological polar surface area (TPSA) is 136 Å². The van der Waals surface area contributed by atoms with Crippen molar-refractivity contribution in [2.75, 3.05) is 49.2 Å². The average molecular weight is 449 g/mol. The monoisotopic (exact) mass is 448 g/mol. The number of ether oxygens (including phenoxy) is 1. The standard InChI is InChI=1S/C23H28N8O2/c1-3-19-23(33-18-12-15(24)13-26-14-18)29-22(20(28-19)21(25)32)27-16-4-6-17(7-5-16)31-10-8-30(2)9-11-31/h4-7,12-14H,3,8-11,24H2,1-2H3,(H2,25,32)(H,27,29). The van der Waals surface area contributed by atoms with Crippen LogP contribution in [0.1, 0.15) is 23.1 Å². The molecule has 2 aromatic heterocycles. The van der Waals surface area contributed by atoms with Gasteiger partial charge in [-0.15, -0.1) is 0 Å². The number of anilines is 4. The van der Waals surface area contributed by atoms with Crippen LogP contribution in [0.15, 0.2) is 42.7 Å². The highest BCUT2D eigenvalue weighted by molar-refractivity contribution is 5.96. The third kappa shape index (κ3) is 5.29. The van der Waals surface area contributed by atoms with Gasteiger partial charge in [0.2, 0.25) is 5.88 Å². The Morgan fingerprint density at radius 2 is 1.85 bits per heavy atom. The Kier molecular flexibility index (Phi) is 6.55. The molecule has 33 heavy (non-hydrogen) atoms. The van der Waals surface area contributed by atoms with E-state index >= 15 is 0 Å². The smallest absolute Gasteiger partial charge is 0.271 e. The molecule has 1 aliphatic rings. The number of primary amides is 1. The zero-order valence-corrected chi connectivity index (χ0v) is 18.8. The lowest BCUT2D eigenvalue weighted by atomic mass is 10.2. The van der Waals surface area contributed by atoms with Crippen LogP contribution in [0.5, 0.6) is 11.6 Å². The van der Waals surface area contributed by atoms with Gasteiger partial charge in [-0.2, -0.15) is 4.98 Å². The lowest BCUT2D eigenvalue weighted by Crippen LogP contribution is -2.44. The van der Waals surface area contributed by atoms with E-state index in [-0.39, 0.29) is 17.4 Å². The van der Waals surface area contributed by atoms with Crippen LogP contribution in [-0.4, -0.2) is 59.0 Å². The second-order valence-corrected chi connectivity index (χ2v) is 7.91. The highest BCUT2D eigenvalue weighted by atomic mass is 16.5. The Balaban J connectivity index is 1.59. The predicted octanol–water partition coefficient (Wildman–Crippen LogP) is 2.40. The van der Waals surface area contributed by atoms with Crippen LogP contribution < -0.4 is 26.4 Å². The number of nitrogen functional groups attached to an aromatic ring is 1. The van der Waals surface area contributed by atoms with Crippen molar-refractivity contribution in [1.82, 2.24) is 19.9 Å². The zero-order chi connectivity index (χ0) is 23.4. The summed E-state index contributed by atoms with van der Waals surface area (Å²) >= 11 is 0.